The average molecular weight is 445 g/mol. The van der Waals surface area contributed by atoms with Crippen LogP contribution in [-0.2, 0) is 14.8 Å². The molecule has 5 nitrogen and oxygen atoms in total. The Labute approximate surface area is 182 Å². The van der Waals surface area contributed by atoms with Gasteiger partial charge in [0.05, 0.1) is 5.02 Å². The van der Waals surface area contributed by atoms with E-state index in [0.717, 1.165) is 38.5 Å². The highest BCUT2D eigenvalue weighted by Crippen LogP contribution is 2.30. The van der Waals surface area contributed by atoms with E-state index in [4.69, 9.17) is 11.6 Å². The van der Waals surface area contributed by atoms with Crippen molar-refractivity contribution in [3.05, 3.63) is 29.3 Å². The molecule has 3 rings (SSSR count). The van der Waals surface area contributed by atoms with Gasteiger partial charge in [0.15, 0.2) is 0 Å². The smallest absolute Gasteiger partial charge is 0.244 e. The predicted molar refractivity (Wildman–Crippen MR) is 121 cm³/mol. The van der Waals surface area contributed by atoms with Crippen LogP contribution in [0.1, 0.15) is 72.6 Å². The third kappa shape index (κ3) is 6.43. The van der Waals surface area contributed by atoms with Gasteiger partial charge in [0, 0.05) is 25.0 Å². The van der Waals surface area contributed by atoms with Crippen LogP contribution in [0.5, 0.6) is 0 Å². The lowest BCUT2D eigenvalue weighted by Gasteiger charge is -2.26. The number of nitrogens with one attached hydrogen (secondary N) is 1. The summed E-state index contributed by atoms with van der Waals surface area (Å²) >= 11 is 6.12. The van der Waals surface area contributed by atoms with Crippen molar-refractivity contribution in [1.82, 2.24) is 9.62 Å². The minimum atomic E-state index is -3.65. The second kappa shape index (κ2) is 11.9. The molecule has 1 aliphatic carbocycles. The van der Waals surface area contributed by atoms with Crippen molar-refractivity contribution < 1.29 is 13.2 Å². The lowest BCUT2D eigenvalue weighted by Crippen LogP contribution is -2.44. The van der Waals surface area contributed by atoms with E-state index in [1.165, 1.54) is 23.6 Å². The van der Waals surface area contributed by atoms with Gasteiger partial charge in [0.1, 0.15) is 4.90 Å². The Morgan fingerprint density at radius 3 is 2.28 bits per heavy atom. The van der Waals surface area contributed by atoms with E-state index in [1.807, 2.05) is 0 Å². The second-order valence-electron chi connectivity index (χ2n) is 7.63. The number of amides is 1. The van der Waals surface area contributed by atoms with Gasteiger partial charge in [0.2, 0.25) is 15.9 Å². The summed E-state index contributed by atoms with van der Waals surface area (Å²) in [6, 6.07) is 6.33. The normalized spacial score (nSPS) is 21.3. The fourth-order valence-corrected chi connectivity index (χ4v) is 6.38. The zero-order chi connectivity index (χ0) is 19.3. The van der Waals surface area contributed by atoms with Crippen molar-refractivity contribution in [3.8, 4) is 0 Å². The minimum absolute atomic E-state index is 0. The first-order chi connectivity index (χ1) is 13.0. The van der Waals surface area contributed by atoms with E-state index in [9.17, 15) is 13.2 Å². The molecule has 2 fully saturated rings. The number of carbonyl (C=O) groups is 1. The first-order valence-corrected chi connectivity index (χ1v) is 11.9. The molecule has 0 radical (unpaired) electrons. The van der Waals surface area contributed by atoms with Crippen LogP contribution in [0.3, 0.4) is 0 Å². The predicted octanol–water partition coefficient (Wildman–Crippen LogP) is 5.24. The maximum Gasteiger partial charge on any atom is 0.244 e. The summed E-state index contributed by atoms with van der Waals surface area (Å²) in [7, 11) is -3.65. The fourth-order valence-electron chi connectivity index (χ4n) is 4.19. The molecule has 29 heavy (non-hydrogen) atoms. The lowest BCUT2D eigenvalue weighted by molar-refractivity contribution is -0.125. The number of halogens is 1. The number of hydrogen-bond donors (Lipinski definition) is 1. The molecule has 1 N–H and O–H groups in total. The topological polar surface area (TPSA) is 66.5 Å². The summed E-state index contributed by atoms with van der Waals surface area (Å²) in [4.78, 5) is 12.7. The molecule has 1 aromatic rings. The highest BCUT2D eigenvalue weighted by Gasteiger charge is 2.36. The van der Waals surface area contributed by atoms with Crippen LogP contribution < -0.4 is 5.32 Å². The molecule has 1 amide bonds. The third-order valence-corrected chi connectivity index (χ3v) is 8.19. The standard InChI is InChI=1S/C20H29ClN2O3S.2CH4/c21-18-12-6-7-13-19(18)27(25,26)23-14-8-11-17(23)15-22-20(24)16-9-4-2-1-3-5-10-16;;/h6-7,12-13,16-17H,1-5,8-11,14-15H2,(H,22,24);2*1H4. The molecule has 1 saturated heterocycles. The number of benzene rings is 1. The molecule has 1 heterocycles. The van der Waals surface area contributed by atoms with E-state index >= 15 is 0 Å². The van der Waals surface area contributed by atoms with Crippen LogP contribution in [-0.4, -0.2) is 37.8 Å². The summed E-state index contributed by atoms with van der Waals surface area (Å²) in [5, 5.41) is 3.27. The molecule has 1 saturated carbocycles. The minimum Gasteiger partial charge on any atom is -0.354 e. The van der Waals surface area contributed by atoms with Gasteiger partial charge in [-0.3, -0.25) is 4.79 Å². The van der Waals surface area contributed by atoms with Gasteiger partial charge < -0.3 is 5.32 Å². The average Bonchev–Trinajstić information content (AvgIpc) is 3.09. The maximum absolute atomic E-state index is 13.0. The summed E-state index contributed by atoms with van der Waals surface area (Å²) in [5.41, 5.74) is 0. The van der Waals surface area contributed by atoms with Crippen LogP contribution in [0.2, 0.25) is 5.02 Å². The Bertz CT molecular complexity index is 746. The van der Waals surface area contributed by atoms with E-state index in [0.29, 0.717) is 13.1 Å². The van der Waals surface area contributed by atoms with Gasteiger partial charge in [-0.2, -0.15) is 4.31 Å². The molecule has 1 aliphatic heterocycles. The number of sulfonamides is 1. The molecule has 1 atom stereocenters. The molecular formula is C22H37ClN2O3S. The Balaban J connectivity index is 0.00000210. The molecule has 7 heteroatoms. The number of rotatable bonds is 5. The van der Waals surface area contributed by atoms with Gasteiger partial charge in [-0.25, -0.2) is 8.42 Å². The Morgan fingerprint density at radius 2 is 1.62 bits per heavy atom. The van der Waals surface area contributed by atoms with Gasteiger partial charge in [-0.15, -0.1) is 0 Å². The van der Waals surface area contributed by atoms with E-state index < -0.39 is 10.0 Å². The van der Waals surface area contributed by atoms with Crippen molar-refractivity contribution in [3.63, 3.8) is 0 Å². The molecule has 0 aromatic heterocycles. The largest absolute Gasteiger partial charge is 0.354 e. The third-order valence-electron chi connectivity index (χ3n) is 5.73. The van der Waals surface area contributed by atoms with Crippen LogP contribution in [0.4, 0.5) is 0 Å². The SMILES string of the molecule is C.C.O=C(NCC1CCCN1S(=O)(=O)c1ccccc1Cl)C1CCCCCCC1. The zero-order valence-corrected chi connectivity index (χ0v) is 17.3. The highest BCUT2D eigenvalue weighted by molar-refractivity contribution is 7.89. The molecule has 0 spiro atoms. The van der Waals surface area contributed by atoms with E-state index in [1.54, 1.807) is 24.3 Å². The number of nitrogens with zero attached hydrogens (tertiary/aromatic N) is 1. The van der Waals surface area contributed by atoms with E-state index in [2.05, 4.69) is 5.32 Å². The zero-order valence-electron chi connectivity index (χ0n) is 15.7. The summed E-state index contributed by atoms with van der Waals surface area (Å²) in [5.74, 6) is 0.152. The fraction of sp³-hybridized carbons (Fsp3) is 0.682. The summed E-state index contributed by atoms with van der Waals surface area (Å²) in [6.07, 6.45) is 9.33. The van der Waals surface area contributed by atoms with Crippen molar-refractivity contribution in [1.29, 1.82) is 0 Å². The first kappa shape index (κ1) is 25.9. The molecule has 0 bridgehead atoms. The molecule has 2 aliphatic rings. The molecular weight excluding hydrogens is 408 g/mol. The maximum atomic E-state index is 13.0. The van der Waals surface area contributed by atoms with Crippen LogP contribution in [0, 0.1) is 5.92 Å². The number of hydrogen-bond acceptors (Lipinski definition) is 3. The second-order valence-corrected chi connectivity index (χ2v) is 9.90. The highest BCUT2D eigenvalue weighted by atomic mass is 35.5. The Kier molecular flexibility index (Phi) is 10.7. The van der Waals surface area contributed by atoms with E-state index in [-0.39, 0.29) is 42.6 Å². The Hall–Kier alpha value is -1.11. The summed E-state index contributed by atoms with van der Waals surface area (Å²) < 4.78 is 27.6. The molecule has 1 unspecified atom stereocenters. The van der Waals surface area contributed by atoms with Crippen molar-refractivity contribution in [2.75, 3.05) is 13.1 Å². The van der Waals surface area contributed by atoms with Gasteiger partial charge >= 0.3 is 0 Å². The first-order valence-electron chi connectivity index (χ1n) is 10.0. The molecule has 166 valence electrons. The van der Waals surface area contributed by atoms with Gasteiger partial charge in [-0.05, 0) is 37.8 Å². The lowest BCUT2D eigenvalue weighted by atomic mass is 9.90. The van der Waals surface area contributed by atoms with Crippen LogP contribution in [0.15, 0.2) is 29.2 Å². The van der Waals surface area contributed by atoms with Crippen LogP contribution >= 0.6 is 11.6 Å². The van der Waals surface area contributed by atoms with Crippen molar-refractivity contribution >= 4 is 27.5 Å². The Morgan fingerprint density at radius 1 is 1.00 bits per heavy atom. The van der Waals surface area contributed by atoms with Crippen molar-refractivity contribution in [2.45, 2.75) is 83.6 Å². The van der Waals surface area contributed by atoms with Gasteiger partial charge in [-0.1, -0.05) is 70.7 Å². The quantitative estimate of drug-likeness (QED) is 0.675. The van der Waals surface area contributed by atoms with Crippen LogP contribution in [0.25, 0.3) is 0 Å². The van der Waals surface area contributed by atoms with Crippen molar-refractivity contribution in [2.24, 2.45) is 5.92 Å². The monoisotopic (exact) mass is 444 g/mol. The molecule has 1 aromatic carbocycles. The number of carbonyl (C=O) groups excluding carboxylic acids is 1. The summed E-state index contributed by atoms with van der Waals surface area (Å²) in [6.45, 7) is 0.844. The van der Waals surface area contributed by atoms with Gasteiger partial charge in [0.25, 0.3) is 0 Å².